The Morgan fingerprint density at radius 3 is 1.62 bits per heavy atom. The zero-order chi connectivity index (χ0) is 12.4. The van der Waals surface area contributed by atoms with E-state index in [4.69, 9.17) is 18.7 Å². The fourth-order valence-electron chi connectivity index (χ4n) is 1.63. The molecule has 1 aliphatic heterocycles. The van der Waals surface area contributed by atoms with Crippen LogP contribution in [0.15, 0.2) is 12.3 Å². The molecule has 2 N–H and O–H groups in total. The van der Waals surface area contributed by atoms with Gasteiger partial charge < -0.3 is 18.7 Å². The molecule has 0 aromatic heterocycles. The lowest BCUT2D eigenvalue weighted by molar-refractivity contribution is 0.138. The lowest BCUT2D eigenvalue weighted by Gasteiger charge is -2.19. The molecule has 0 aromatic rings. The Morgan fingerprint density at radius 1 is 1.06 bits per heavy atom. The van der Waals surface area contributed by atoms with Crippen molar-refractivity contribution in [2.24, 2.45) is 5.40 Å². The van der Waals surface area contributed by atoms with E-state index in [1.807, 2.05) is 0 Å². The molecule has 0 bridgehead atoms. The summed E-state index contributed by atoms with van der Waals surface area (Å²) in [6.45, 7) is 3.53. The highest BCUT2D eigenvalue weighted by Gasteiger charge is 2.33. The number of hydrogen-bond donors (Lipinski definition) is 1. The molecule has 0 radical (unpaired) electrons. The van der Waals surface area contributed by atoms with Crippen LogP contribution in [-0.4, -0.2) is 39.1 Å². The maximum absolute atomic E-state index is 5.77. The summed E-state index contributed by atoms with van der Waals surface area (Å²) in [6.07, 6.45) is 4.29. The molecule has 1 fully saturated rings. The standard InChI is InChI=1S/C5H13NSi.C5H12O3Si/c6-7-4-2-1-3-5-7;1-5-9(6-2,7-3)8-4/h7H,1-6H2;5H,1H2,2-4H3. The first-order valence-electron chi connectivity index (χ1n) is 5.68. The Balaban J connectivity index is 0.000000288. The van der Waals surface area contributed by atoms with Gasteiger partial charge in [0.05, 0.1) is 0 Å². The van der Waals surface area contributed by atoms with E-state index in [0.717, 1.165) is 0 Å². The maximum Gasteiger partial charge on any atom is 0.528 e. The van der Waals surface area contributed by atoms with Crippen LogP contribution in [0.3, 0.4) is 0 Å². The first-order valence-corrected chi connectivity index (χ1v) is 9.79. The van der Waals surface area contributed by atoms with E-state index in [1.54, 1.807) is 27.0 Å². The van der Waals surface area contributed by atoms with E-state index in [9.17, 15) is 0 Å². The highest BCUT2D eigenvalue weighted by molar-refractivity contribution is 6.66. The third-order valence-electron chi connectivity index (χ3n) is 2.75. The molecule has 16 heavy (non-hydrogen) atoms. The molecular weight excluding hydrogens is 238 g/mol. The smallest absolute Gasteiger partial charge is 0.374 e. The minimum absolute atomic E-state index is 0.595. The van der Waals surface area contributed by atoms with Crippen molar-refractivity contribution in [3.05, 3.63) is 12.3 Å². The number of rotatable bonds is 4. The van der Waals surface area contributed by atoms with Gasteiger partial charge in [-0.25, -0.2) is 0 Å². The van der Waals surface area contributed by atoms with Gasteiger partial charge in [0.2, 0.25) is 0 Å². The summed E-state index contributed by atoms with van der Waals surface area (Å²) in [7, 11) is 1.61. The predicted octanol–water partition coefficient (Wildman–Crippen LogP) is 1.44. The lowest BCUT2D eigenvalue weighted by atomic mass is 10.3. The normalized spacial score (nSPS) is 17.5. The van der Waals surface area contributed by atoms with Gasteiger partial charge in [-0.15, -0.1) is 0 Å². The van der Waals surface area contributed by atoms with Crippen LogP contribution in [0.5, 0.6) is 0 Å². The second kappa shape index (κ2) is 9.09. The van der Waals surface area contributed by atoms with Crippen molar-refractivity contribution in [2.45, 2.75) is 31.4 Å². The molecule has 0 unspecified atom stereocenters. The van der Waals surface area contributed by atoms with E-state index in [-0.39, 0.29) is 0 Å². The highest BCUT2D eigenvalue weighted by Crippen LogP contribution is 2.14. The largest absolute Gasteiger partial charge is 0.528 e. The van der Waals surface area contributed by atoms with E-state index in [0.29, 0.717) is 0 Å². The van der Waals surface area contributed by atoms with Crippen LogP contribution in [0, 0.1) is 0 Å². The number of nitrogens with two attached hydrogens (primary N) is 1. The molecule has 6 heteroatoms. The lowest BCUT2D eigenvalue weighted by Crippen LogP contribution is -2.40. The Kier molecular flexibility index (Phi) is 9.09. The molecule has 0 aromatic carbocycles. The Hall–Kier alpha value is 0.0138. The molecule has 0 atom stereocenters. The van der Waals surface area contributed by atoms with Crippen molar-refractivity contribution in [1.29, 1.82) is 0 Å². The summed E-state index contributed by atoms with van der Waals surface area (Å²) in [5.74, 6) is 0. The van der Waals surface area contributed by atoms with Crippen molar-refractivity contribution in [2.75, 3.05) is 21.3 Å². The molecule has 1 heterocycles. The first kappa shape index (κ1) is 16.0. The van der Waals surface area contributed by atoms with Crippen molar-refractivity contribution in [1.82, 2.24) is 0 Å². The summed E-state index contributed by atoms with van der Waals surface area (Å²) < 4.78 is 14.9. The predicted molar refractivity (Wildman–Crippen MR) is 71.8 cm³/mol. The highest BCUT2D eigenvalue weighted by atomic mass is 28.4. The van der Waals surface area contributed by atoms with Gasteiger partial charge in [0.1, 0.15) is 8.96 Å². The van der Waals surface area contributed by atoms with Crippen molar-refractivity contribution < 1.29 is 13.3 Å². The molecule has 1 aliphatic rings. The quantitative estimate of drug-likeness (QED) is 0.780. The Bertz CT molecular complexity index is 175. The van der Waals surface area contributed by atoms with Crippen molar-refractivity contribution in [3.63, 3.8) is 0 Å². The van der Waals surface area contributed by atoms with Gasteiger partial charge in [0.15, 0.2) is 0 Å². The Morgan fingerprint density at radius 2 is 1.50 bits per heavy atom. The zero-order valence-electron chi connectivity index (χ0n) is 10.7. The van der Waals surface area contributed by atoms with Gasteiger partial charge in [-0.1, -0.05) is 25.8 Å². The van der Waals surface area contributed by atoms with Crippen LogP contribution in [0.4, 0.5) is 0 Å². The van der Waals surface area contributed by atoms with E-state index in [1.165, 1.54) is 31.4 Å². The van der Waals surface area contributed by atoms with Crippen LogP contribution in [0.2, 0.25) is 12.1 Å². The SMILES string of the molecule is C=C[Si](OC)(OC)OC.N[SiH]1CCCCC1. The fourth-order valence-corrected chi connectivity index (χ4v) is 4.55. The summed E-state index contributed by atoms with van der Waals surface area (Å²) in [4.78, 5) is 0. The van der Waals surface area contributed by atoms with Crippen molar-refractivity contribution in [3.8, 4) is 0 Å². The molecular formula is C10H25NO3Si2. The minimum Gasteiger partial charge on any atom is -0.374 e. The van der Waals surface area contributed by atoms with Crippen LogP contribution < -0.4 is 5.40 Å². The second-order valence-corrected chi connectivity index (χ2v) is 9.33. The van der Waals surface area contributed by atoms with Gasteiger partial charge >= 0.3 is 8.80 Å². The first-order chi connectivity index (χ1) is 7.64. The zero-order valence-corrected chi connectivity index (χ0v) is 12.9. The number of hydrogen-bond acceptors (Lipinski definition) is 4. The Labute approximate surface area is 102 Å². The van der Waals surface area contributed by atoms with Crippen LogP contribution in [-0.2, 0) is 13.3 Å². The second-order valence-electron chi connectivity index (χ2n) is 3.82. The average Bonchev–Trinajstić information content (AvgIpc) is 2.35. The summed E-state index contributed by atoms with van der Waals surface area (Å²) in [6, 6.07) is 2.81. The van der Waals surface area contributed by atoms with Gasteiger partial charge in [-0.3, -0.25) is 0 Å². The molecule has 0 amide bonds. The molecule has 0 aliphatic carbocycles. The van der Waals surface area contributed by atoms with Crippen LogP contribution in [0.25, 0.3) is 0 Å². The monoisotopic (exact) mass is 263 g/mol. The summed E-state index contributed by atoms with van der Waals surface area (Å²) >= 11 is 0. The molecule has 96 valence electrons. The maximum atomic E-state index is 5.77. The van der Waals surface area contributed by atoms with E-state index in [2.05, 4.69) is 6.58 Å². The summed E-state index contributed by atoms with van der Waals surface area (Å²) in [5.41, 5.74) is 1.58. The van der Waals surface area contributed by atoms with E-state index < -0.39 is 17.8 Å². The van der Waals surface area contributed by atoms with E-state index >= 15 is 0 Å². The molecule has 1 saturated heterocycles. The van der Waals surface area contributed by atoms with Gasteiger partial charge in [-0.05, 0) is 17.8 Å². The topological polar surface area (TPSA) is 53.7 Å². The van der Waals surface area contributed by atoms with Crippen molar-refractivity contribution >= 4 is 17.8 Å². The minimum atomic E-state index is -2.43. The van der Waals surface area contributed by atoms with Gasteiger partial charge in [0.25, 0.3) is 0 Å². The van der Waals surface area contributed by atoms with Gasteiger partial charge in [-0.2, -0.15) is 0 Å². The van der Waals surface area contributed by atoms with Crippen LogP contribution >= 0.6 is 0 Å². The molecule has 4 nitrogen and oxygen atoms in total. The third kappa shape index (κ3) is 5.93. The molecule has 0 spiro atoms. The fraction of sp³-hybridized carbons (Fsp3) is 0.800. The molecule has 1 rings (SSSR count). The average molecular weight is 263 g/mol. The van der Waals surface area contributed by atoms with Crippen LogP contribution in [0.1, 0.15) is 19.3 Å². The third-order valence-corrected chi connectivity index (χ3v) is 7.26. The molecule has 0 saturated carbocycles. The summed E-state index contributed by atoms with van der Waals surface area (Å²) in [5, 5.41) is 5.77. The van der Waals surface area contributed by atoms with Gasteiger partial charge in [0, 0.05) is 21.3 Å².